The molecule has 5 rings (SSSR count). The van der Waals surface area contributed by atoms with Gasteiger partial charge in [0.1, 0.15) is 0 Å². The molecule has 2 heterocycles. The molecule has 0 saturated heterocycles. The highest BCUT2D eigenvalue weighted by Crippen LogP contribution is 2.27. The molecule has 144 valence electrons. The third-order valence-corrected chi connectivity index (χ3v) is 4.96. The molecule has 0 aliphatic carbocycles. The first-order chi connectivity index (χ1) is 14.8. The number of anilines is 1. The first kappa shape index (κ1) is 17.9. The van der Waals surface area contributed by atoms with Crippen LogP contribution in [-0.4, -0.2) is 21.2 Å². The zero-order valence-corrected chi connectivity index (χ0v) is 16.4. The number of hydrogen-bond acceptors (Lipinski definition) is 5. The van der Waals surface area contributed by atoms with Crippen molar-refractivity contribution in [2.45, 2.75) is 6.92 Å². The molecule has 0 spiro atoms. The van der Waals surface area contributed by atoms with E-state index in [1.807, 2.05) is 54.6 Å². The van der Waals surface area contributed by atoms with Gasteiger partial charge in [-0.25, -0.2) is 15.4 Å². The summed E-state index contributed by atoms with van der Waals surface area (Å²) >= 11 is 0. The lowest BCUT2D eigenvalue weighted by Gasteiger charge is -2.09. The number of hydrogen-bond donors (Lipinski definition) is 1. The first-order valence-electron chi connectivity index (χ1n) is 9.74. The molecule has 5 aromatic rings. The zero-order chi connectivity index (χ0) is 20.3. The van der Waals surface area contributed by atoms with Crippen LogP contribution in [0.15, 0.2) is 90.2 Å². The van der Waals surface area contributed by atoms with Crippen LogP contribution in [0.2, 0.25) is 0 Å². The fourth-order valence-electron chi connectivity index (χ4n) is 3.45. The normalized spacial score (nSPS) is 11.4. The van der Waals surface area contributed by atoms with Gasteiger partial charge >= 0.3 is 0 Å². The SMILES string of the molecule is Cc1ccc(-c2nc(NN=Cc3cccc4cccnc34)nc3ccccc23)cc1. The van der Waals surface area contributed by atoms with Crippen molar-refractivity contribution in [3.8, 4) is 11.3 Å². The Morgan fingerprint density at radius 1 is 0.833 bits per heavy atom. The molecule has 0 amide bonds. The minimum Gasteiger partial charge on any atom is -0.256 e. The minimum atomic E-state index is 0.453. The highest BCUT2D eigenvalue weighted by atomic mass is 15.3. The van der Waals surface area contributed by atoms with Crippen molar-refractivity contribution in [2.24, 2.45) is 5.10 Å². The van der Waals surface area contributed by atoms with Gasteiger partial charge in [0.25, 0.3) is 0 Å². The molecule has 3 aromatic carbocycles. The molecule has 1 N–H and O–H groups in total. The summed E-state index contributed by atoms with van der Waals surface area (Å²) in [5.41, 5.74) is 8.83. The predicted molar refractivity (Wildman–Crippen MR) is 123 cm³/mol. The summed E-state index contributed by atoms with van der Waals surface area (Å²) in [6.45, 7) is 2.08. The van der Waals surface area contributed by atoms with E-state index in [2.05, 4.69) is 51.7 Å². The Morgan fingerprint density at radius 3 is 2.57 bits per heavy atom. The first-order valence-corrected chi connectivity index (χ1v) is 9.74. The van der Waals surface area contributed by atoms with E-state index in [1.54, 1.807) is 12.4 Å². The number of rotatable bonds is 4. The van der Waals surface area contributed by atoms with Gasteiger partial charge in [0, 0.05) is 28.1 Å². The molecule has 5 heteroatoms. The highest BCUT2D eigenvalue weighted by molar-refractivity contribution is 5.97. The van der Waals surface area contributed by atoms with Crippen molar-refractivity contribution in [2.75, 3.05) is 5.43 Å². The van der Waals surface area contributed by atoms with Gasteiger partial charge in [-0.1, -0.05) is 72.3 Å². The zero-order valence-electron chi connectivity index (χ0n) is 16.4. The van der Waals surface area contributed by atoms with Crippen LogP contribution >= 0.6 is 0 Å². The number of aryl methyl sites for hydroxylation is 1. The minimum absolute atomic E-state index is 0.453. The van der Waals surface area contributed by atoms with Gasteiger partial charge in [-0.3, -0.25) is 4.98 Å². The Hall–Kier alpha value is -4.12. The number of benzene rings is 3. The molecule has 0 unspecified atom stereocenters. The van der Waals surface area contributed by atoms with Gasteiger partial charge in [-0.2, -0.15) is 5.10 Å². The van der Waals surface area contributed by atoms with E-state index < -0.39 is 0 Å². The van der Waals surface area contributed by atoms with Crippen LogP contribution < -0.4 is 5.43 Å². The second kappa shape index (κ2) is 7.72. The molecule has 0 aliphatic rings. The van der Waals surface area contributed by atoms with E-state index >= 15 is 0 Å². The third-order valence-electron chi connectivity index (χ3n) is 4.96. The number of pyridine rings is 1. The summed E-state index contributed by atoms with van der Waals surface area (Å²) < 4.78 is 0. The van der Waals surface area contributed by atoms with Crippen LogP contribution in [0.4, 0.5) is 5.95 Å². The molecule has 0 bridgehead atoms. The monoisotopic (exact) mass is 389 g/mol. The summed E-state index contributed by atoms with van der Waals surface area (Å²) in [7, 11) is 0. The average Bonchev–Trinajstić information content (AvgIpc) is 2.79. The predicted octanol–water partition coefficient (Wildman–Crippen LogP) is 5.60. The van der Waals surface area contributed by atoms with E-state index in [1.165, 1.54) is 5.56 Å². The van der Waals surface area contributed by atoms with Gasteiger partial charge in [0.2, 0.25) is 5.95 Å². The van der Waals surface area contributed by atoms with Gasteiger partial charge < -0.3 is 0 Å². The van der Waals surface area contributed by atoms with E-state index in [4.69, 9.17) is 4.98 Å². The maximum Gasteiger partial charge on any atom is 0.244 e. The summed E-state index contributed by atoms with van der Waals surface area (Å²) in [5, 5.41) is 6.46. The molecule has 0 radical (unpaired) electrons. The van der Waals surface area contributed by atoms with Gasteiger partial charge in [-0.05, 0) is 19.1 Å². The van der Waals surface area contributed by atoms with Crippen LogP contribution in [0.1, 0.15) is 11.1 Å². The van der Waals surface area contributed by atoms with E-state index in [9.17, 15) is 0 Å². The van der Waals surface area contributed by atoms with E-state index in [-0.39, 0.29) is 0 Å². The molecule has 0 saturated carbocycles. The number of nitrogens with one attached hydrogen (secondary N) is 1. The molecule has 0 fully saturated rings. The maximum absolute atomic E-state index is 4.74. The molecular formula is C25H19N5. The van der Waals surface area contributed by atoms with Crippen molar-refractivity contribution in [1.82, 2.24) is 15.0 Å². The molecule has 0 aliphatic heterocycles. The summed E-state index contributed by atoms with van der Waals surface area (Å²) in [6.07, 6.45) is 3.53. The quantitative estimate of drug-likeness (QED) is 0.321. The Kier molecular flexibility index (Phi) is 4.62. The Labute approximate surface area is 174 Å². The molecule has 2 aromatic heterocycles. The van der Waals surface area contributed by atoms with Crippen molar-refractivity contribution in [3.05, 3.63) is 96.2 Å². The third kappa shape index (κ3) is 3.49. The number of hydrazone groups is 1. The maximum atomic E-state index is 4.74. The Bertz CT molecular complexity index is 1370. The number of fused-ring (bicyclic) bond motifs is 2. The van der Waals surface area contributed by atoms with Crippen LogP contribution in [0.25, 0.3) is 33.1 Å². The summed E-state index contributed by atoms with van der Waals surface area (Å²) in [6, 6.07) is 26.3. The van der Waals surface area contributed by atoms with Crippen molar-refractivity contribution in [1.29, 1.82) is 0 Å². The Balaban J connectivity index is 1.51. The van der Waals surface area contributed by atoms with Crippen LogP contribution in [0.5, 0.6) is 0 Å². The van der Waals surface area contributed by atoms with Crippen molar-refractivity contribution in [3.63, 3.8) is 0 Å². The summed E-state index contributed by atoms with van der Waals surface area (Å²) in [4.78, 5) is 13.8. The van der Waals surface area contributed by atoms with Crippen LogP contribution in [0, 0.1) is 6.92 Å². The smallest absolute Gasteiger partial charge is 0.244 e. The molecule has 0 atom stereocenters. The van der Waals surface area contributed by atoms with Gasteiger partial charge in [-0.15, -0.1) is 0 Å². The topological polar surface area (TPSA) is 63.1 Å². The highest BCUT2D eigenvalue weighted by Gasteiger charge is 2.09. The molecule has 5 nitrogen and oxygen atoms in total. The van der Waals surface area contributed by atoms with E-state index in [0.717, 1.165) is 38.6 Å². The molecular weight excluding hydrogens is 370 g/mol. The lowest BCUT2D eigenvalue weighted by molar-refractivity contribution is 1.16. The lowest BCUT2D eigenvalue weighted by atomic mass is 10.1. The van der Waals surface area contributed by atoms with Crippen molar-refractivity contribution >= 4 is 34.0 Å². The van der Waals surface area contributed by atoms with Crippen LogP contribution in [-0.2, 0) is 0 Å². The van der Waals surface area contributed by atoms with Gasteiger partial charge in [0.05, 0.1) is 22.9 Å². The average molecular weight is 389 g/mol. The Morgan fingerprint density at radius 2 is 1.67 bits per heavy atom. The summed E-state index contributed by atoms with van der Waals surface area (Å²) in [5.74, 6) is 0.453. The molecule has 30 heavy (non-hydrogen) atoms. The number of nitrogens with zero attached hydrogens (tertiary/aromatic N) is 4. The number of para-hydroxylation sites is 2. The van der Waals surface area contributed by atoms with Crippen molar-refractivity contribution < 1.29 is 0 Å². The second-order valence-corrected chi connectivity index (χ2v) is 7.07. The lowest BCUT2D eigenvalue weighted by Crippen LogP contribution is -2.00. The largest absolute Gasteiger partial charge is 0.256 e. The fourth-order valence-corrected chi connectivity index (χ4v) is 3.45. The fraction of sp³-hybridized carbons (Fsp3) is 0.0400. The van der Waals surface area contributed by atoms with Gasteiger partial charge in [0.15, 0.2) is 0 Å². The number of aromatic nitrogens is 3. The second-order valence-electron chi connectivity index (χ2n) is 7.07. The standard InChI is InChI=1S/C25H19N5/c1-17-11-13-19(14-12-17)24-21-9-2-3-10-22(21)28-25(29-24)30-27-16-20-7-4-6-18-8-5-15-26-23(18)20/h2-16H,1H3,(H,28,29,30). The van der Waals surface area contributed by atoms with Crippen LogP contribution in [0.3, 0.4) is 0 Å². The van der Waals surface area contributed by atoms with E-state index in [0.29, 0.717) is 5.95 Å².